The number of thiol groups is 1. The van der Waals surface area contributed by atoms with Gasteiger partial charge < -0.3 is 11.1 Å². The summed E-state index contributed by atoms with van der Waals surface area (Å²) in [5, 5.41) is 3.11. The standard InChI is InChI=1S/C6H10N2S/c7-5-1-2-6(4-9)8-3-5/h1-2,8-9H,3-4,7H2. The van der Waals surface area contributed by atoms with Gasteiger partial charge in [-0.05, 0) is 12.2 Å². The van der Waals surface area contributed by atoms with E-state index >= 15 is 0 Å². The molecular formula is C6H10N2S. The maximum absolute atomic E-state index is 5.48. The van der Waals surface area contributed by atoms with Gasteiger partial charge in [-0.2, -0.15) is 12.6 Å². The van der Waals surface area contributed by atoms with Crippen LogP contribution in [0, 0.1) is 0 Å². The number of hydrogen-bond donors (Lipinski definition) is 3. The van der Waals surface area contributed by atoms with E-state index < -0.39 is 0 Å². The minimum absolute atomic E-state index is 0.754. The predicted octanol–water partition coefficient (Wildman–Crippen LogP) is 0.246. The Hall–Kier alpha value is -0.570. The highest BCUT2D eigenvalue weighted by Gasteiger charge is 1.97. The molecule has 3 N–H and O–H groups in total. The summed E-state index contributed by atoms with van der Waals surface area (Å²) in [5.41, 5.74) is 7.49. The second-order valence-electron chi connectivity index (χ2n) is 1.95. The van der Waals surface area contributed by atoms with E-state index in [1.54, 1.807) is 0 Å². The highest BCUT2D eigenvalue weighted by atomic mass is 32.1. The average Bonchev–Trinajstić information content (AvgIpc) is 1.90. The lowest BCUT2D eigenvalue weighted by atomic mass is 10.3. The number of rotatable bonds is 1. The van der Waals surface area contributed by atoms with Crippen LogP contribution in [0.15, 0.2) is 23.5 Å². The Bertz CT molecular complexity index is 160. The molecule has 2 nitrogen and oxygen atoms in total. The zero-order chi connectivity index (χ0) is 6.69. The maximum atomic E-state index is 5.48. The summed E-state index contributed by atoms with van der Waals surface area (Å²) in [6.45, 7) is 0.756. The quantitative estimate of drug-likeness (QED) is 0.459. The molecule has 0 unspecified atom stereocenters. The number of allylic oxidation sites excluding steroid dienone is 2. The summed E-state index contributed by atoms with van der Waals surface area (Å²) in [5.74, 6) is 0.754. The van der Waals surface area contributed by atoms with E-state index in [1.165, 1.54) is 0 Å². The van der Waals surface area contributed by atoms with Crippen LogP contribution in [0.3, 0.4) is 0 Å². The second-order valence-corrected chi connectivity index (χ2v) is 2.26. The molecular weight excluding hydrogens is 132 g/mol. The van der Waals surface area contributed by atoms with Gasteiger partial charge in [0.1, 0.15) is 0 Å². The van der Waals surface area contributed by atoms with Crippen molar-refractivity contribution in [3.8, 4) is 0 Å². The highest BCUT2D eigenvalue weighted by molar-refractivity contribution is 7.80. The van der Waals surface area contributed by atoms with Crippen LogP contribution >= 0.6 is 12.6 Å². The largest absolute Gasteiger partial charge is 0.401 e. The van der Waals surface area contributed by atoms with Crippen molar-refractivity contribution in [1.82, 2.24) is 5.32 Å². The van der Waals surface area contributed by atoms with Crippen molar-refractivity contribution >= 4 is 12.6 Å². The van der Waals surface area contributed by atoms with E-state index in [2.05, 4.69) is 17.9 Å². The molecule has 0 saturated heterocycles. The van der Waals surface area contributed by atoms with Crippen LogP contribution in [0.4, 0.5) is 0 Å². The number of hydrogen-bond acceptors (Lipinski definition) is 3. The van der Waals surface area contributed by atoms with E-state index in [-0.39, 0.29) is 0 Å². The smallest absolute Gasteiger partial charge is 0.0543 e. The van der Waals surface area contributed by atoms with E-state index in [4.69, 9.17) is 5.73 Å². The molecule has 0 radical (unpaired) electrons. The van der Waals surface area contributed by atoms with Gasteiger partial charge in [0, 0.05) is 17.1 Å². The topological polar surface area (TPSA) is 38.0 Å². The van der Waals surface area contributed by atoms with Crippen LogP contribution in [-0.2, 0) is 0 Å². The monoisotopic (exact) mass is 142 g/mol. The van der Waals surface area contributed by atoms with Gasteiger partial charge in [0.05, 0.1) is 6.54 Å². The first-order chi connectivity index (χ1) is 4.33. The molecule has 1 rings (SSSR count). The molecule has 1 aliphatic heterocycles. The Morgan fingerprint density at radius 3 is 2.89 bits per heavy atom. The fraction of sp³-hybridized carbons (Fsp3) is 0.333. The van der Waals surface area contributed by atoms with Crippen molar-refractivity contribution in [2.24, 2.45) is 5.73 Å². The number of nitrogens with one attached hydrogen (secondary N) is 1. The van der Waals surface area contributed by atoms with Gasteiger partial charge in [-0.25, -0.2) is 0 Å². The Morgan fingerprint density at radius 2 is 2.44 bits per heavy atom. The van der Waals surface area contributed by atoms with Gasteiger partial charge in [0.15, 0.2) is 0 Å². The molecule has 0 atom stereocenters. The summed E-state index contributed by atoms with van der Waals surface area (Å²) < 4.78 is 0. The van der Waals surface area contributed by atoms with E-state index in [0.29, 0.717) is 0 Å². The fourth-order valence-corrected chi connectivity index (χ4v) is 0.867. The normalized spacial score (nSPS) is 17.9. The van der Waals surface area contributed by atoms with E-state index in [0.717, 1.165) is 23.7 Å². The highest BCUT2D eigenvalue weighted by Crippen LogP contribution is 1.99. The Labute approximate surface area is 60.2 Å². The Morgan fingerprint density at radius 1 is 1.67 bits per heavy atom. The lowest BCUT2D eigenvalue weighted by molar-refractivity contribution is 0.849. The molecule has 0 aromatic carbocycles. The molecule has 0 fully saturated rings. The van der Waals surface area contributed by atoms with Crippen molar-refractivity contribution < 1.29 is 0 Å². The molecule has 0 saturated carbocycles. The summed E-state index contributed by atoms with van der Waals surface area (Å²) in [7, 11) is 0. The Kier molecular flexibility index (Phi) is 2.05. The first-order valence-corrected chi connectivity index (χ1v) is 3.46. The van der Waals surface area contributed by atoms with E-state index in [9.17, 15) is 0 Å². The number of nitrogens with two attached hydrogens (primary N) is 1. The van der Waals surface area contributed by atoms with Crippen LogP contribution < -0.4 is 11.1 Å². The van der Waals surface area contributed by atoms with Crippen molar-refractivity contribution in [3.05, 3.63) is 23.5 Å². The first-order valence-electron chi connectivity index (χ1n) is 2.83. The van der Waals surface area contributed by atoms with Gasteiger partial charge in [-0.1, -0.05) is 0 Å². The third kappa shape index (κ3) is 1.68. The zero-order valence-electron chi connectivity index (χ0n) is 5.09. The Balaban J connectivity index is 2.59. The van der Waals surface area contributed by atoms with Crippen LogP contribution in [0.2, 0.25) is 0 Å². The first kappa shape index (κ1) is 6.55. The minimum atomic E-state index is 0.754. The molecule has 0 amide bonds. The molecule has 0 aromatic rings. The lowest BCUT2D eigenvalue weighted by Crippen LogP contribution is -2.23. The van der Waals surface area contributed by atoms with Crippen molar-refractivity contribution in [1.29, 1.82) is 0 Å². The van der Waals surface area contributed by atoms with Crippen LogP contribution in [0.1, 0.15) is 0 Å². The van der Waals surface area contributed by atoms with Crippen LogP contribution in [-0.4, -0.2) is 12.3 Å². The van der Waals surface area contributed by atoms with Gasteiger partial charge in [0.2, 0.25) is 0 Å². The third-order valence-electron chi connectivity index (χ3n) is 1.19. The van der Waals surface area contributed by atoms with Crippen LogP contribution in [0.25, 0.3) is 0 Å². The molecule has 0 aliphatic carbocycles. The molecule has 1 heterocycles. The second kappa shape index (κ2) is 2.82. The van der Waals surface area contributed by atoms with Gasteiger partial charge >= 0.3 is 0 Å². The lowest BCUT2D eigenvalue weighted by Gasteiger charge is -2.11. The van der Waals surface area contributed by atoms with Crippen LogP contribution in [0.5, 0.6) is 0 Å². The van der Waals surface area contributed by atoms with Crippen molar-refractivity contribution in [2.45, 2.75) is 0 Å². The average molecular weight is 142 g/mol. The van der Waals surface area contributed by atoms with Gasteiger partial charge in [-0.3, -0.25) is 0 Å². The maximum Gasteiger partial charge on any atom is 0.0543 e. The molecule has 0 bridgehead atoms. The summed E-state index contributed by atoms with van der Waals surface area (Å²) in [6, 6.07) is 0. The SMILES string of the molecule is NC1=CC=C(CS)NC1. The third-order valence-corrected chi connectivity index (χ3v) is 1.53. The number of dihydropyridines is 1. The predicted molar refractivity (Wildman–Crippen MR) is 42.2 cm³/mol. The fourth-order valence-electron chi connectivity index (χ4n) is 0.650. The summed E-state index contributed by atoms with van der Waals surface area (Å²) >= 11 is 4.09. The summed E-state index contributed by atoms with van der Waals surface area (Å²) in [4.78, 5) is 0. The minimum Gasteiger partial charge on any atom is -0.401 e. The van der Waals surface area contributed by atoms with Gasteiger partial charge in [-0.15, -0.1) is 0 Å². The molecule has 0 aromatic heterocycles. The molecule has 50 valence electrons. The zero-order valence-corrected chi connectivity index (χ0v) is 5.99. The molecule has 3 heteroatoms. The summed E-state index contributed by atoms with van der Waals surface area (Å²) in [6.07, 6.45) is 3.86. The van der Waals surface area contributed by atoms with Crippen molar-refractivity contribution in [3.63, 3.8) is 0 Å². The van der Waals surface area contributed by atoms with E-state index in [1.807, 2.05) is 12.2 Å². The molecule has 9 heavy (non-hydrogen) atoms. The van der Waals surface area contributed by atoms with Crippen molar-refractivity contribution in [2.75, 3.05) is 12.3 Å². The van der Waals surface area contributed by atoms with Gasteiger partial charge in [0.25, 0.3) is 0 Å². The molecule has 0 spiro atoms. The molecule has 1 aliphatic rings.